The maximum atomic E-state index is 11.5. The first-order chi connectivity index (χ1) is 8.49. The molecule has 0 fully saturated rings. The fourth-order valence-corrected chi connectivity index (χ4v) is 1.85. The molecule has 0 aliphatic carbocycles. The molecule has 0 saturated carbocycles. The molecule has 1 aromatic rings. The molecule has 0 aromatic carbocycles. The highest BCUT2D eigenvalue weighted by Crippen LogP contribution is 2.12. The van der Waals surface area contributed by atoms with Gasteiger partial charge in [-0.3, -0.25) is 10.1 Å². The van der Waals surface area contributed by atoms with E-state index in [-0.39, 0.29) is 12.5 Å². The second-order valence-corrected chi connectivity index (χ2v) is 5.07. The molecule has 1 unspecified atom stereocenters. The first kappa shape index (κ1) is 14.4. The maximum Gasteiger partial charge on any atom is 0.319 e. The van der Waals surface area contributed by atoms with Crippen LogP contribution in [0.5, 0.6) is 0 Å². The Kier molecular flexibility index (Phi) is 5.50. The summed E-state index contributed by atoms with van der Waals surface area (Å²) in [5, 5.41) is 18.1. The van der Waals surface area contributed by atoms with Gasteiger partial charge in [0.15, 0.2) is 0 Å². The van der Waals surface area contributed by atoms with Gasteiger partial charge in [0, 0.05) is 18.1 Å². The summed E-state index contributed by atoms with van der Waals surface area (Å²) in [4.78, 5) is 22.4. The Balaban J connectivity index is 2.37. The molecule has 0 aliphatic rings. The standard InChI is InChI=1S/C10H16N4O3S/c1-6(2)3-7(9(15)16)4-11-10(17)13-8-5-12-14-18-8/h5-7H,3-4H2,1-2H3,(H,15,16)(H2,11,13,17). The number of amides is 2. The summed E-state index contributed by atoms with van der Waals surface area (Å²) in [6, 6.07) is -0.448. The van der Waals surface area contributed by atoms with Gasteiger partial charge in [-0.25, -0.2) is 4.79 Å². The van der Waals surface area contributed by atoms with E-state index in [0.717, 1.165) is 11.5 Å². The number of aliphatic carboxylic acids is 1. The zero-order valence-electron chi connectivity index (χ0n) is 10.2. The SMILES string of the molecule is CC(C)CC(CNC(=O)Nc1cnns1)C(=O)O. The van der Waals surface area contributed by atoms with Crippen molar-refractivity contribution in [3.63, 3.8) is 0 Å². The summed E-state index contributed by atoms with van der Waals surface area (Å²) in [7, 11) is 0. The third kappa shape index (κ3) is 5.09. The van der Waals surface area contributed by atoms with Gasteiger partial charge in [0.1, 0.15) is 5.00 Å². The van der Waals surface area contributed by atoms with E-state index < -0.39 is 17.9 Å². The molecule has 1 heterocycles. The highest BCUT2D eigenvalue weighted by Gasteiger charge is 2.19. The summed E-state index contributed by atoms with van der Waals surface area (Å²) in [5.41, 5.74) is 0. The molecule has 7 nitrogen and oxygen atoms in total. The topological polar surface area (TPSA) is 104 Å². The van der Waals surface area contributed by atoms with Crippen LogP contribution in [-0.4, -0.2) is 33.2 Å². The molecular weight excluding hydrogens is 256 g/mol. The van der Waals surface area contributed by atoms with Crippen LogP contribution in [0.2, 0.25) is 0 Å². The first-order valence-electron chi connectivity index (χ1n) is 5.54. The van der Waals surface area contributed by atoms with Gasteiger partial charge in [-0.1, -0.05) is 18.3 Å². The summed E-state index contributed by atoms with van der Waals surface area (Å²) < 4.78 is 3.59. The van der Waals surface area contributed by atoms with Crippen LogP contribution in [0.3, 0.4) is 0 Å². The molecule has 8 heteroatoms. The number of carbonyl (C=O) groups excluding carboxylic acids is 1. The quantitative estimate of drug-likeness (QED) is 0.726. The Labute approximate surface area is 109 Å². The van der Waals surface area contributed by atoms with Gasteiger partial charge < -0.3 is 10.4 Å². The Morgan fingerprint density at radius 2 is 2.22 bits per heavy atom. The van der Waals surface area contributed by atoms with Gasteiger partial charge in [-0.05, 0) is 12.3 Å². The molecular formula is C10H16N4O3S. The third-order valence-electron chi connectivity index (χ3n) is 2.21. The molecule has 1 rings (SSSR count). The van der Waals surface area contributed by atoms with Crippen molar-refractivity contribution in [1.29, 1.82) is 0 Å². The molecule has 0 aliphatic heterocycles. The molecule has 2 amide bonds. The maximum absolute atomic E-state index is 11.5. The summed E-state index contributed by atoms with van der Waals surface area (Å²) in [5.74, 6) is -1.21. The van der Waals surface area contributed by atoms with Crippen molar-refractivity contribution < 1.29 is 14.7 Å². The lowest BCUT2D eigenvalue weighted by Gasteiger charge is -2.15. The monoisotopic (exact) mass is 272 g/mol. The van der Waals surface area contributed by atoms with Crippen molar-refractivity contribution in [2.45, 2.75) is 20.3 Å². The number of carboxylic acids is 1. The van der Waals surface area contributed by atoms with Crippen LogP contribution >= 0.6 is 11.5 Å². The molecule has 0 radical (unpaired) electrons. The van der Waals surface area contributed by atoms with E-state index in [1.165, 1.54) is 6.20 Å². The summed E-state index contributed by atoms with van der Waals surface area (Å²) in [6.07, 6.45) is 1.95. The number of urea groups is 1. The molecule has 3 N–H and O–H groups in total. The van der Waals surface area contributed by atoms with Crippen LogP contribution in [0, 0.1) is 11.8 Å². The molecule has 100 valence electrons. The Bertz CT molecular complexity index is 394. The highest BCUT2D eigenvalue weighted by atomic mass is 32.1. The Morgan fingerprint density at radius 1 is 1.50 bits per heavy atom. The molecule has 1 atom stereocenters. The number of carboxylic acid groups (broad SMARTS) is 1. The third-order valence-corrected chi connectivity index (χ3v) is 2.79. The first-order valence-corrected chi connectivity index (χ1v) is 6.31. The lowest BCUT2D eigenvalue weighted by molar-refractivity contribution is -0.142. The average Bonchev–Trinajstić information content (AvgIpc) is 2.76. The highest BCUT2D eigenvalue weighted by molar-refractivity contribution is 7.10. The van der Waals surface area contributed by atoms with Crippen LogP contribution in [-0.2, 0) is 4.79 Å². The smallest absolute Gasteiger partial charge is 0.319 e. The van der Waals surface area contributed by atoms with Crippen molar-refractivity contribution in [3.05, 3.63) is 6.20 Å². The van der Waals surface area contributed by atoms with Crippen LogP contribution < -0.4 is 10.6 Å². The van der Waals surface area contributed by atoms with E-state index in [0.29, 0.717) is 11.4 Å². The van der Waals surface area contributed by atoms with E-state index in [1.54, 1.807) is 0 Å². The minimum Gasteiger partial charge on any atom is -0.481 e. The summed E-state index contributed by atoms with van der Waals surface area (Å²) >= 11 is 1.05. The number of nitrogens with zero attached hydrogens (tertiary/aromatic N) is 2. The number of nitrogens with one attached hydrogen (secondary N) is 2. The van der Waals surface area contributed by atoms with E-state index >= 15 is 0 Å². The molecule has 1 aromatic heterocycles. The second kappa shape index (κ2) is 6.90. The number of carbonyl (C=O) groups is 2. The average molecular weight is 272 g/mol. The Morgan fingerprint density at radius 3 is 2.72 bits per heavy atom. The largest absolute Gasteiger partial charge is 0.481 e. The minimum atomic E-state index is -0.900. The fraction of sp³-hybridized carbons (Fsp3) is 0.600. The number of hydrogen-bond donors (Lipinski definition) is 3. The molecule has 0 saturated heterocycles. The normalized spacial score (nSPS) is 12.2. The van der Waals surface area contributed by atoms with Gasteiger partial charge >= 0.3 is 12.0 Å². The van der Waals surface area contributed by atoms with Crippen LogP contribution in [0.1, 0.15) is 20.3 Å². The predicted octanol–water partition coefficient (Wildman–Crippen LogP) is 1.41. The number of rotatable bonds is 6. The lowest BCUT2D eigenvalue weighted by atomic mass is 9.97. The molecule has 18 heavy (non-hydrogen) atoms. The van der Waals surface area contributed by atoms with Crippen molar-refractivity contribution in [2.24, 2.45) is 11.8 Å². The van der Waals surface area contributed by atoms with Gasteiger partial charge in [0.2, 0.25) is 0 Å². The number of hydrogen-bond acceptors (Lipinski definition) is 5. The zero-order chi connectivity index (χ0) is 13.5. The number of anilines is 1. The van der Waals surface area contributed by atoms with Crippen LogP contribution in [0.15, 0.2) is 6.20 Å². The fourth-order valence-electron chi connectivity index (χ4n) is 1.43. The van der Waals surface area contributed by atoms with Gasteiger partial charge in [-0.15, -0.1) is 5.10 Å². The van der Waals surface area contributed by atoms with E-state index in [9.17, 15) is 9.59 Å². The van der Waals surface area contributed by atoms with Gasteiger partial charge in [0.05, 0.1) is 12.1 Å². The van der Waals surface area contributed by atoms with E-state index in [4.69, 9.17) is 5.11 Å². The van der Waals surface area contributed by atoms with Crippen LogP contribution in [0.4, 0.5) is 9.80 Å². The second-order valence-electron chi connectivity index (χ2n) is 4.28. The van der Waals surface area contributed by atoms with Crippen molar-refractivity contribution in [2.75, 3.05) is 11.9 Å². The van der Waals surface area contributed by atoms with Gasteiger partial charge in [0.25, 0.3) is 0 Å². The van der Waals surface area contributed by atoms with Gasteiger partial charge in [-0.2, -0.15) is 0 Å². The predicted molar refractivity (Wildman–Crippen MR) is 67.5 cm³/mol. The van der Waals surface area contributed by atoms with Crippen LogP contribution in [0.25, 0.3) is 0 Å². The lowest BCUT2D eigenvalue weighted by Crippen LogP contribution is -2.36. The number of aromatic nitrogens is 2. The molecule has 0 bridgehead atoms. The van der Waals surface area contributed by atoms with Crippen molar-refractivity contribution in [3.8, 4) is 0 Å². The van der Waals surface area contributed by atoms with Crippen molar-refractivity contribution >= 4 is 28.5 Å². The molecule has 0 spiro atoms. The van der Waals surface area contributed by atoms with E-state index in [2.05, 4.69) is 20.2 Å². The zero-order valence-corrected chi connectivity index (χ0v) is 11.0. The summed E-state index contributed by atoms with van der Waals surface area (Å²) in [6.45, 7) is 3.99. The van der Waals surface area contributed by atoms with Crippen molar-refractivity contribution in [1.82, 2.24) is 14.9 Å². The van der Waals surface area contributed by atoms with E-state index in [1.807, 2.05) is 13.8 Å². The Hall–Kier alpha value is -1.70. The minimum absolute atomic E-state index is 0.103.